The molecule has 2 atom stereocenters. The molecule has 1 aromatic rings. The summed E-state index contributed by atoms with van der Waals surface area (Å²) in [5.41, 5.74) is 1.16. The maximum Gasteiger partial charge on any atom is 0.225 e. The van der Waals surface area contributed by atoms with Crippen molar-refractivity contribution in [2.45, 2.75) is 5.92 Å². The zero-order chi connectivity index (χ0) is 14.5. The van der Waals surface area contributed by atoms with E-state index < -0.39 is 0 Å². The quantitative estimate of drug-likeness (QED) is 0.846. The molecule has 0 aliphatic carbocycles. The number of rotatable bonds is 5. The van der Waals surface area contributed by atoms with E-state index in [1.165, 1.54) is 0 Å². The van der Waals surface area contributed by atoms with Crippen LogP contribution in [0.2, 0.25) is 0 Å². The molecule has 0 spiro atoms. The molecule has 20 heavy (non-hydrogen) atoms. The molecule has 5 heteroatoms. The molecular formula is C15H24N4O. The summed E-state index contributed by atoms with van der Waals surface area (Å²) in [5.74, 6) is 0.421. The Balaban J connectivity index is 1.99. The number of pyridine rings is 1. The lowest BCUT2D eigenvalue weighted by molar-refractivity contribution is -0.125. The van der Waals surface area contributed by atoms with E-state index in [1.54, 1.807) is 6.20 Å². The van der Waals surface area contributed by atoms with Gasteiger partial charge in [-0.15, -0.1) is 0 Å². The SMILES string of the molecule is CN(C)CCNC(=O)C1CN(C)C[C@H]1c1cccnc1. The predicted octanol–water partition coefficient (Wildman–Crippen LogP) is 0.405. The average Bonchev–Trinajstić information content (AvgIpc) is 2.81. The van der Waals surface area contributed by atoms with E-state index >= 15 is 0 Å². The van der Waals surface area contributed by atoms with Gasteiger partial charge < -0.3 is 15.1 Å². The van der Waals surface area contributed by atoms with Crippen LogP contribution in [0.15, 0.2) is 24.5 Å². The lowest BCUT2D eigenvalue weighted by Gasteiger charge is -2.19. The minimum absolute atomic E-state index is 0.0198. The van der Waals surface area contributed by atoms with Gasteiger partial charge in [-0.2, -0.15) is 0 Å². The smallest absolute Gasteiger partial charge is 0.225 e. The van der Waals surface area contributed by atoms with Gasteiger partial charge in [0.1, 0.15) is 0 Å². The third-order valence-electron chi connectivity index (χ3n) is 3.81. The second kappa shape index (κ2) is 6.81. The van der Waals surface area contributed by atoms with Crippen molar-refractivity contribution in [3.8, 4) is 0 Å². The predicted molar refractivity (Wildman–Crippen MR) is 79.5 cm³/mol. The zero-order valence-electron chi connectivity index (χ0n) is 12.5. The number of aromatic nitrogens is 1. The van der Waals surface area contributed by atoms with Crippen molar-refractivity contribution in [1.29, 1.82) is 0 Å². The Bertz CT molecular complexity index is 435. The van der Waals surface area contributed by atoms with E-state index in [1.807, 2.05) is 26.4 Å². The highest BCUT2D eigenvalue weighted by Crippen LogP contribution is 2.31. The molecule has 1 aromatic heterocycles. The minimum atomic E-state index is 0.0198. The van der Waals surface area contributed by atoms with Crippen molar-refractivity contribution in [3.05, 3.63) is 30.1 Å². The standard InChI is InChI=1S/C15H24N4O/c1-18(2)8-7-17-15(20)14-11-19(3)10-13(14)12-5-4-6-16-9-12/h4-6,9,13-14H,7-8,10-11H2,1-3H3,(H,17,20)/t13-,14?/m0/s1. The van der Waals surface area contributed by atoms with Gasteiger partial charge in [0, 0.05) is 44.5 Å². The molecule has 2 heterocycles. The van der Waals surface area contributed by atoms with E-state index in [2.05, 4.69) is 33.2 Å². The first-order valence-electron chi connectivity index (χ1n) is 7.09. The highest BCUT2D eigenvalue weighted by Gasteiger charge is 2.36. The number of carbonyl (C=O) groups excluding carboxylic acids is 1. The molecule has 1 N–H and O–H groups in total. The highest BCUT2D eigenvalue weighted by molar-refractivity contribution is 5.80. The molecule has 1 unspecified atom stereocenters. The Kier molecular flexibility index (Phi) is 5.09. The molecule has 2 rings (SSSR count). The number of amides is 1. The minimum Gasteiger partial charge on any atom is -0.355 e. The van der Waals surface area contributed by atoms with Crippen LogP contribution in [-0.2, 0) is 4.79 Å². The molecule has 110 valence electrons. The topological polar surface area (TPSA) is 48.5 Å². The summed E-state index contributed by atoms with van der Waals surface area (Å²) in [6, 6.07) is 4.01. The third-order valence-corrected chi connectivity index (χ3v) is 3.81. The van der Waals surface area contributed by atoms with Crippen LogP contribution in [0.1, 0.15) is 11.5 Å². The van der Waals surface area contributed by atoms with Gasteiger partial charge >= 0.3 is 0 Å². The maximum absolute atomic E-state index is 12.4. The highest BCUT2D eigenvalue weighted by atomic mass is 16.1. The molecule has 0 bridgehead atoms. The normalized spacial score (nSPS) is 23.2. The summed E-state index contributed by atoms with van der Waals surface area (Å²) in [5, 5.41) is 3.05. The van der Waals surface area contributed by atoms with Crippen LogP contribution in [0.3, 0.4) is 0 Å². The van der Waals surface area contributed by atoms with Crippen LogP contribution < -0.4 is 5.32 Å². The number of hydrogen-bond donors (Lipinski definition) is 1. The summed E-state index contributed by atoms with van der Waals surface area (Å²) in [4.78, 5) is 20.8. The van der Waals surface area contributed by atoms with Gasteiger partial charge in [-0.3, -0.25) is 9.78 Å². The van der Waals surface area contributed by atoms with Gasteiger partial charge in [0.25, 0.3) is 0 Å². The molecule has 5 nitrogen and oxygen atoms in total. The lowest BCUT2D eigenvalue weighted by atomic mass is 9.89. The van der Waals surface area contributed by atoms with Gasteiger partial charge in [0.05, 0.1) is 5.92 Å². The lowest BCUT2D eigenvalue weighted by Crippen LogP contribution is -2.38. The van der Waals surface area contributed by atoms with Crippen molar-refractivity contribution < 1.29 is 4.79 Å². The van der Waals surface area contributed by atoms with Crippen LogP contribution in [0.25, 0.3) is 0 Å². The first-order chi connectivity index (χ1) is 9.58. The van der Waals surface area contributed by atoms with Gasteiger partial charge in [-0.25, -0.2) is 0 Å². The second-order valence-electron chi connectivity index (χ2n) is 5.81. The Morgan fingerprint density at radius 2 is 2.30 bits per heavy atom. The van der Waals surface area contributed by atoms with Crippen LogP contribution in [0, 0.1) is 5.92 Å². The van der Waals surface area contributed by atoms with Crippen molar-refractivity contribution in [2.75, 3.05) is 47.3 Å². The van der Waals surface area contributed by atoms with Crippen LogP contribution in [0.4, 0.5) is 0 Å². The Hall–Kier alpha value is -1.46. The molecular weight excluding hydrogens is 252 g/mol. The molecule has 1 aliphatic rings. The fraction of sp³-hybridized carbons (Fsp3) is 0.600. The first kappa shape index (κ1) is 14.9. The number of nitrogens with zero attached hydrogens (tertiary/aromatic N) is 3. The number of likely N-dealkylation sites (tertiary alicyclic amines) is 1. The van der Waals surface area contributed by atoms with E-state index in [0.717, 1.165) is 25.2 Å². The van der Waals surface area contributed by atoms with Gasteiger partial charge in [-0.05, 0) is 32.8 Å². The largest absolute Gasteiger partial charge is 0.355 e. The van der Waals surface area contributed by atoms with Gasteiger partial charge in [0.2, 0.25) is 5.91 Å². The summed E-state index contributed by atoms with van der Waals surface area (Å²) < 4.78 is 0. The van der Waals surface area contributed by atoms with E-state index in [9.17, 15) is 4.79 Å². The molecule has 0 aromatic carbocycles. The Labute approximate surface area is 121 Å². The first-order valence-corrected chi connectivity index (χ1v) is 7.09. The maximum atomic E-state index is 12.4. The third kappa shape index (κ3) is 3.77. The zero-order valence-corrected chi connectivity index (χ0v) is 12.5. The summed E-state index contributed by atoms with van der Waals surface area (Å²) in [6.07, 6.45) is 3.65. The summed E-state index contributed by atoms with van der Waals surface area (Å²) in [6.45, 7) is 3.29. The van der Waals surface area contributed by atoms with Crippen LogP contribution in [-0.4, -0.2) is 68.0 Å². The molecule has 0 saturated carbocycles. The van der Waals surface area contributed by atoms with E-state index in [-0.39, 0.29) is 17.7 Å². The van der Waals surface area contributed by atoms with Crippen molar-refractivity contribution in [3.63, 3.8) is 0 Å². The molecule has 1 saturated heterocycles. The fourth-order valence-corrected chi connectivity index (χ4v) is 2.73. The second-order valence-corrected chi connectivity index (χ2v) is 5.81. The molecule has 1 fully saturated rings. The number of hydrogen-bond acceptors (Lipinski definition) is 4. The van der Waals surface area contributed by atoms with E-state index in [0.29, 0.717) is 6.54 Å². The number of likely N-dealkylation sites (N-methyl/N-ethyl adjacent to an activating group) is 2. The van der Waals surface area contributed by atoms with Gasteiger partial charge in [-0.1, -0.05) is 6.07 Å². The van der Waals surface area contributed by atoms with Crippen LogP contribution in [0.5, 0.6) is 0 Å². The summed E-state index contributed by atoms with van der Waals surface area (Å²) in [7, 11) is 6.08. The molecule has 0 radical (unpaired) electrons. The average molecular weight is 276 g/mol. The van der Waals surface area contributed by atoms with Crippen LogP contribution >= 0.6 is 0 Å². The van der Waals surface area contributed by atoms with Gasteiger partial charge in [0.15, 0.2) is 0 Å². The molecule has 1 amide bonds. The molecule has 1 aliphatic heterocycles. The monoisotopic (exact) mass is 276 g/mol. The van der Waals surface area contributed by atoms with Crippen molar-refractivity contribution in [2.24, 2.45) is 5.92 Å². The summed E-state index contributed by atoms with van der Waals surface area (Å²) >= 11 is 0. The number of carbonyl (C=O) groups is 1. The Morgan fingerprint density at radius 3 is 2.95 bits per heavy atom. The van der Waals surface area contributed by atoms with Crippen molar-refractivity contribution in [1.82, 2.24) is 20.1 Å². The fourth-order valence-electron chi connectivity index (χ4n) is 2.73. The number of nitrogens with one attached hydrogen (secondary N) is 1. The van der Waals surface area contributed by atoms with E-state index in [4.69, 9.17) is 0 Å². The Morgan fingerprint density at radius 1 is 1.50 bits per heavy atom. The van der Waals surface area contributed by atoms with Crippen molar-refractivity contribution >= 4 is 5.91 Å².